The van der Waals surface area contributed by atoms with Gasteiger partial charge < -0.3 is 15.0 Å². The van der Waals surface area contributed by atoms with Gasteiger partial charge in [0.05, 0.1) is 6.04 Å². The summed E-state index contributed by atoms with van der Waals surface area (Å²) in [5.41, 5.74) is 0. The molecule has 1 aromatic rings. The van der Waals surface area contributed by atoms with Crippen molar-refractivity contribution < 1.29 is 14.7 Å². The van der Waals surface area contributed by atoms with E-state index in [9.17, 15) is 9.59 Å². The molecule has 82 valence electrons. The number of carbonyl (C=O) groups excluding carboxylic acids is 1. The second-order valence-electron chi connectivity index (χ2n) is 3.16. The number of hydrogen-bond acceptors (Lipinski definition) is 4. The van der Waals surface area contributed by atoms with Crippen molar-refractivity contribution in [1.29, 1.82) is 0 Å². The molecule has 1 rings (SSSR count). The largest absolute Gasteiger partial charge is 0.481 e. The number of rotatable bonds is 4. The molecule has 0 radical (unpaired) electrons. The minimum Gasteiger partial charge on any atom is -0.481 e. The average molecular weight is 212 g/mol. The van der Waals surface area contributed by atoms with Crippen LogP contribution in [0, 0.1) is 0 Å². The molecule has 7 nitrogen and oxygen atoms in total. The summed E-state index contributed by atoms with van der Waals surface area (Å²) in [4.78, 5) is 21.4. The summed E-state index contributed by atoms with van der Waals surface area (Å²) in [5.74, 6) is -1.12. The van der Waals surface area contributed by atoms with Crippen LogP contribution in [-0.4, -0.2) is 31.7 Å². The number of aromatic nitrogens is 3. The number of aryl methyl sites for hydroxylation is 1. The van der Waals surface area contributed by atoms with Gasteiger partial charge in [0.25, 0.3) is 0 Å². The monoisotopic (exact) mass is 212 g/mol. The quantitative estimate of drug-likeness (QED) is 0.654. The third-order valence-corrected chi connectivity index (χ3v) is 1.82. The highest BCUT2D eigenvalue weighted by Crippen LogP contribution is 2.06. The first-order chi connectivity index (χ1) is 7.00. The number of aliphatic carboxylic acids is 1. The van der Waals surface area contributed by atoms with Crippen molar-refractivity contribution in [1.82, 2.24) is 20.1 Å². The molecule has 2 N–H and O–H groups in total. The van der Waals surface area contributed by atoms with Crippen LogP contribution in [0.15, 0.2) is 6.33 Å². The number of carbonyl (C=O) groups is 2. The van der Waals surface area contributed by atoms with E-state index in [0.717, 1.165) is 0 Å². The van der Waals surface area contributed by atoms with Crippen molar-refractivity contribution in [3.8, 4) is 0 Å². The first-order valence-corrected chi connectivity index (χ1v) is 4.35. The molecule has 15 heavy (non-hydrogen) atoms. The standard InChI is InChI=1S/C8H12N4O3/c1-5(8-11-9-4-12(8)2)10-6(13)3-7(14)15/h4-5H,3H2,1-2H3,(H,10,13)(H,14,15). The van der Waals surface area contributed by atoms with Gasteiger partial charge in [0.2, 0.25) is 5.91 Å². The molecule has 1 atom stereocenters. The molecule has 0 spiro atoms. The molecule has 0 bridgehead atoms. The lowest BCUT2D eigenvalue weighted by atomic mass is 10.3. The molecule has 1 aromatic heterocycles. The highest BCUT2D eigenvalue weighted by atomic mass is 16.4. The first kappa shape index (κ1) is 11.2. The maximum Gasteiger partial charge on any atom is 0.312 e. The maximum atomic E-state index is 11.1. The van der Waals surface area contributed by atoms with E-state index in [1.807, 2.05) is 0 Å². The van der Waals surface area contributed by atoms with E-state index in [-0.39, 0.29) is 6.04 Å². The summed E-state index contributed by atoms with van der Waals surface area (Å²) >= 11 is 0. The van der Waals surface area contributed by atoms with E-state index in [4.69, 9.17) is 5.11 Å². The van der Waals surface area contributed by atoms with Crippen molar-refractivity contribution in [2.75, 3.05) is 0 Å². The predicted molar refractivity (Wildman–Crippen MR) is 49.8 cm³/mol. The van der Waals surface area contributed by atoms with Gasteiger partial charge in [-0.1, -0.05) is 0 Å². The van der Waals surface area contributed by atoms with Gasteiger partial charge in [0.1, 0.15) is 12.7 Å². The van der Waals surface area contributed by atoms with Gasteiger partial charge in [-0.3, -0.25) is 9.59 Å². The summed E-state index contributed by atoms with van der Waals surface area (Å²) < 4.78 is 1.66. The third-order valence-electron chi connectivity index (χ3n) is 1.82. The molecule has 0 aliphatic heterocycles. The first-order valence-electron chi connectivity index (χ1n) is 4.35. The van der Waals surface area contributed by atoms with Crippen molar-refractivity contribution in [2.45, 2.75) is 19.4 Å². The minimum absolute atomic E-state index is 0.357. The lowest BCUT2D eigenvalue weighted by molar-refractivity contribution is -0.140. The molecule has 0 fully saturated rings. The van der Waals surface area contributed by atoms with Crippen LogP contribution in [0.5, 0.6) is 0 Å². The van der Waals surface area contributed by atoms with E-state index in [2.05, 4.69) is 15.5 Å². The van der Waals surface area contributed by atoms with Gasteiger partial charge in [-0.25, -0.2) is 0 Å². The number of carboxylic acids is 1. The third kappa shape index (κ3) is 3.04. The Hall–Kier alpha value is -1.92. The molecule has 0 aliphatic rings. The number of amides is 1. The van der Waals surface area contributed by atoms with E-state index in [1.165, 1.54) is 6.33 Å². The van der Waals surface area contributed by atoms with Gasteiger partial charge in [0, 0.05) is 7.05 Å². The van der Waals surface area contributed by atoms with Crippen LogP contribution in [-0.2, 0) is 16.6 Å². The average Bonchev–Trinajstić information content (AvgIpc) is 2.49. The smallest absolute Gasteiger partial charge is 0.312 e. The van der Waals surface area contributed by atoms with Crippen LogP contribution in [0.25, 0.3) is 0 Å². The Morgan fingerprint density at radius 3 is 2.80 bits per heavy atom. The molecule has 1 unspecified atom stereocenters. The van der Waals surface area contributed by atoms with Crippen LogP contribution in [0.3, 0.4) is 0 Å². The van der Waals surface area contributed by atoms with Gasteiger partial charge in [-0.15, -0.1) is 10.2 Å². The van der Waals surface area contributed by atoms with Gasteiger partial charge >= 0.3 is 5.97 Å². The Bertz CT molecular complexity index is 374. The van der Waals surface area contributed by atoms with Gasteiger partial charge in [-0.2, -0.15) is 0 Å². The predicted octanol–water partition coefficient (Wildman–Crippen LogP) is -0.533. The topological polar surface area (TPSA) is 97.1 Å². The summed E-state index contributed by atoms with van der Waals surface area (Å²) in [6.07, 6.45) is 0.970. The number of carboxylic acid groups (broad SMARTS) is 1. The molecule has 7 heteroatoms. The Kier molecular flexibility index (Phi) is 3.37. The zero-order chi connectivity index (χ0) is 11.4. The van der Waals surface area contributed by atoms with Gasteiger partial charge in [-0.05, 0) is 6.92 Å². The lowest BCUT2D eigenvalue weighted by Crippen LogP contribution is -2.29. The van der Waals surface area contributed by atoms with Crippen molar-refractivity contribution in [2.24, 2.45) is 7.05 Å². The second kappa shape index (κ2) is 4.54. The van der Waals surface area contributed by atoms with Crippen molar-refractivity contribution in [3.63, 3.8) is 0 Å². The highest BCUT2D eigenvalue weighted by molar-refractivity contribution is 5.93. The highest BCUT2D eigenvalue weighted by Gasteiger charge is 2.15. The summed E-state index contributed by atoms with van der Waals surface area (Å²) in [6, 6.07) is -0.357. The van der Waals surface area contributed by atoms with E-state index in [1.54, 1.807) is 18.5 Å². The Morgan fingerprint density at radius 2 is 2.33 bits per heavy atom. The lowest BCUT2D eigenvalue weighted by Gasteiger charge is -2.11. The SMILES string of the molecule is CC(NC(=O)CC(=O)O)c1nncn1C. The van der Waals surface area contributed by atoms with Crippen molar-refractivity contribution in [3.05, 3.63) is 12.2 Å². The fraction of sp³-hybridized carbons (Fsp3) is 0.500. The second-order valence-corrected chi connectivity index (χ2v) is 3.16. The van der Waals surface area contributed by atoms with Crippen molar-refractivity contribution >= 4 is 11.9 Å². The van der Waals surface area contributed by atoms with Crippen LogP contribution in [0.4, 0.5) is 0 Å². The van der Waals surface area contributed by atoms with Crippen LogP contribution < -0.4 is 5.32 Å². The van der Waals surface area contributed by atoms with E-state index in [0.29, 0.717) is 5.82 Å². The fourth-order valence-electron chi connectivity index (χ4n) is 1.18. The van der Waals surface area contributed by atoms with Crippen LogP contribution in [0.2, 0.25) is 0 Å². The van der Waals surface area contributed by atoms with Crippen LogP contribution in [0.1, 0.15) is 25.2 Å². The van der Waals surface area contributed by atoms with E-state index >= 15 is 0 Å². The summed E-state index contributed by atoms with van der Waals surface area (Å²) in [6.45, 7) is 1.71. The molecule has 1 heterocycles. The Labute approximate surface area is 86.1 Å². The zero-order valence-electron chi connectivity index (χ0n) is 8.47. The Morgan fingerprint density at radius 1 is 1.67 bits per heavy atom. The minimum atomic E-state index is -1.15. The number of nitrogens with zero attached hydrogens (tertiary/aromatic N) is 3. The zero-order valence-corrected chi connectivity index (χ0v) is 8.47. The Balaban J connectivity index is 2.56. The number of nitrogens with one attached hydrogen (secondary N) is 1. The number of hydrogen-bond donors (Lipinski definition) is 2. The molecule has 0 saturated heterocycles. The van der Waals surface area contributed by atoms with E-state index < -0.39 is 18.3 Å². The molecule has 0 saturated carbocycles. The molecule has 0 aromatic carbocycles. The van der Waals surface area contributed by atoms with Crippen LogP contribution >= 0.6 is 0 Å². The van der Waals surface area contributed by atoms with Gasteiger partial charge in [0.15, 0.2) is 5.82 Å². The molecular formula is C8H12N4O3. The molecule has 1 amide bonds. The maximum absolute atomic E-state index is 11.1. The molecular weight excluding hydrogens is 200 g/mol. The summed E-state index contributed by atoms with van der Waals surface area (Å²) in [7, 11) is 1.75. The fourth-order valence-corrected chi connectivity index (χ4v) is 1.18. The normalized spacial score (nSPS) is 12.1. The molecule has 0 aliphatic carbocycles. The summed E-state index contributed by atoms with van der Waals surface area (Å²) in [5, 5.41) is 18.4.